The van der Waals surface area contributed by atoms with Gasteiger partial charge >= 0.3 is 12.1 Å². The number of carboxylic acid groups (broad SMARTS) is 1. The monoisotopic (exact) mass is 466 g/mol. The molecule has 1 aliphatic carbocycles. The van der Waals surface area contributed by atoms with Crippen LogP contribution in [0.5, 0.6) is 0 Å². The molecule has 0 saturated heterocycles. The van der Waals surface area contributed by atoms with E-state index in [9.17, 15) is 19.5 Å². The maximum atomic E-state index is 12.8. The van der Waals surface area contributed by atoms with E-state index in [1.165, 1.54) is 0 Å². The standard InChI is InChI=1S/C27H34N2O5/c1-26(2,3)22(23(30)28-15-14-27(4,5)24(31)32)29-25(33)34-16-21-19-12-8-6-10-17(19)18-11-7-9-13-20(18)21/h6-13,21-22H,14-16H2,1-5H3,(H,28,30)(H,29,33)(H,31,32)/t22-/m0/s1. The van der Waals surface area contributed by atoms with Crippen LogP contribution in [0.15, 0.2) is 48.5 Å². The second-order valence-electron chi connectivity index (χ2n) is 10.5. The number of fused-ring (bicyclic) bond motifs is 3. The van der Waals surface area contributed by atoms with Gasteiger partial charge in [-0.2, -0.15) is 0 Å². The van der Waals surface area contributed by atoms with Crippen LogP contribution >= 0.6 is 0 Å². The van der Waals surface area contributed by atoms with E-state index in [0.717, 1.165) is 22.3 Å². The van der Waals surface area contributed by atoms with Crippen LogP contribution in [0.25, 0.3) is 11.1 Å². The van der Waals surface area contributed by atoms with Crippen molar-refractivity contribution in [2.75, 3.05) is 13.2 Å². The van der Waals surface area contributed by atoms with Crippen molar-refractivity contribution in [1.29, 1.82) is 0 Å². The van der Waals surface area contributed by atoms with Gasteiger partial charge in [-0.1, -0.05) is 69.3 Å². The summed E-state index contributed by atoms with van der Waals surface area (Å²) in [5.74, 6) is -1.37. The lowest BCUT2D eigenvalue weighted by Gasteiger charge is -2.30. The number of benzene rings is 2. The molecule has 3 rings (SSSR count). The first-order valence-corrected chi connectivity index (χ1v) is 11.5. The Balaban J connectivity index is 1.63. The van der Waals surface area contributed by atoms with E-state index in [1.54, 1.807) is 13.8 Å². The summed E-state index contributed by atoms with van der Waals surface area (Å²) in [5, 5.41) is 14.7. The van der Waals surface area contributed by atoms with Crippen LogP contribution in [0.4, 0.5) is 4.79 Å². The van der Waals surface area contributed by atoms with Gasteiger partial charge in [0.2, 0.25) is 5.91 Å². The SMILES string of the molecule is CC(C)(CCNC(=O)[C@H](NC(=O)OCC1c2ccccc2-c2ccccc21)C(C)(C)C)C(=O)O. The van der Waals surface area contributed by atoms with Gasteiger partial charge in [-0.15, -0.1) is 0 Å². The summed E-state index contributed by atoms with van der Waals surface area (Å²) in [5.41, 5.74) is 2.99. The summed E-state index contributed by atoms with van der Waals surface area (Å²) in [6.07, 6.45) is -0.390. The molecule has 2 amide bonds. The van der Waals surface area contributed by atoms with Crippen LogP contribution in [0, 0.1) is 10.8 Å². The minimum absolute atomic E-state index is 0.0710. The minimum atomic E-state index is -0.954. The highest BCUT2D eigenvalue weighted by atomic mass is 16.5. The number of hydrogen-bond acceptors (Lipinski definition) is 4. The normalized spacial score (nSPS) is 14.0. The molecule has 7 nitrogen and oxygen atoms in total. The second-order valence-corrected chi connectivity index (χ2v) is 10.5. The molecule has 0 spiro atoms. The van der Waals surface area contributed by atoms with Gasteiger partial charge in [0, 0.05) is 12.5 Å². The molecule has 1 atom stereocenters. The predicted octanol–water partition coefficient (Wildman–Crippen LogP) is 4.56. The molecule has 2 aromatic carbocycles. The van der Waals surface area contributed by atoms with Gasteiger partial charge in [0.1, 0.15) is 12.6 Å². The Morgan fingerprint density at radius 1 is 0.941 bits per heavy atom. The fourth-order valence-corrected chi connectivity index (χ4v) is 4.14. The molecule has 2 aromatic rings. The van der Waals surface area contributed by atoms with Crippen LogP contribution in [0.2, 0.25) is 0 Å². The van der Waals surface area contributed by atoms with Crippen molar-refractivity contribution in [3.05, 3.63) is 59.7 Å². The molecule has 3 N–H and O–H groups in total. The zero-order valence-corrected chi connectivity index (χ0v) is 20.5. The van der Waals surface area contributed by atoms with Gasteiger partial charge in [0.25, 0.3) is 0 Å². The van der Waals surface area contributed by atoms with Crippen molar-refractivity contribution >= 4 is 18.0 Å². The Morgan fingerprint density at radius 3 is 1.97 bits per heavy atom. The highest BCUT2D eigenvalue weighted by Crippen LogP contribution is 2.44. The summed E-state index contributed by atoms with van der Waals surface area (Å²) >= 11 is 0. The van der Waals surface area contributed by atoms with Crippen LogP contribution < -0.4 is 10.6 Å². The number of carbonyl (C=O) groups excluding carboxylic acids is 2. The zero-order valence-electron chi connectivity index (χ0n) is 20.5. The van der Waals surface area contributed by atoms with Crippen molar-refractivity contribution in [3.8, 4) is 11.1 Å². The second kappa shape index (κ2) is 9.87. The van der Waals surface area contributed by atoms with Gasteiger partial charge in [0.05, 0.1) is 5.41 Å². The van der Waals surface area contributed by atoms with E-state index >= 15 is 0 Å². The van der Waals surface area contributed by atoms with E-state index in [2.05, 4.69) is 22.8 Å². The highest BCUT2D eigenvalue weighted by molar-refractivity contribution is 5.86. The quantitative estimate of drug-likeness (QED) is 0.529. The molecule has 0 bridgehead atoms. The molecule has 182 valence electrons. The third kappa shape index (κ3) is 5.58. The van der Waals surface area contributed by atoms with E-state index in [-0.39, 0.29) is 31.4 Å². The molecule has 7 heteroatoms. The van der Waals surface area contributed by atoms with Gasteiger partial charge in [-0.05, 0) is 47.9 Å². The Labute approximate surface area is 200 Å². The fourth-order valence-electron chi connectivity index (χ4n) is 4.14. The van der Waals surface area contributed by atoms with Crippen molar-refractivity contribution in [3.63, 3.8) is 0 Å². The van der Waals surface area contributed by atoms with Gasteiger partial charge in [0.15, 0.2) is 0 Å². The van der Waals surface area contributed by atoms with Crippen LogP contribution in [0.1, 0.15) is 58.1 Å². The molecule has 0 unspecified atom stereocenters. The van der Waals surface area contributed by atoms with Crippen molar-refractivity contribution in [2.45, 2.75) is 53.0 Å². The average Bonchev–Trinajstić information content (AvgIpc) is 3.08. The Kier molecular flexibility index (Phi) is 7.34. The number of carboxylic acids is 1. The number of amides is 2. The molecule has 0 heterocycles. The number of alkyl carbamates (subject to hydrolysis) is 1. The summed E-state index contributed by atoms with van der Waals surface area (Å²) in [6, 6.07) is 15.3. The van der Waals surface area contributed by atoms with E-state index in [4.69, 9.17) is 4.74 Å². The smallest absolute Gasteiger partial charge is 0.407 e. The summed E-state index contributed by atoms with van der Waals surface area (Å²) in [7, 11) is 0. The van der Waals surface area contributed by atoms with E-state index in [1.807, 2.05) is 57.2 Å². The predicted molar refractivity (Wildman–Crippen MR) is 130 cm³/mol. The topological polar surface area (TPSA) is 105 Å². The Hall–Kier alpha value is -3.35. The largest absolute Gasteiger partial charge is 0.481 e. The maximum Gasteiger partial charge on any atom is 0.407 e. The van der Waals surface area contributed by atoms with Crippen molar-refractivity contribution < 1.29 is 24.2 Å². The molecule has 0 saturated carbocycles. The third-order valence-corrected chi connectivity index (χ3v) is 6.36. The number of carbonyl (C=O) groups is 3. The lowest BCUT2D eigenvalue weighted by atomic mass is 9.86. The van der Waals surface area contributed by atoms with E-state index in [0.29, 0.717) is 0 Å². The average molecular weight is 467 g/mol. The molecule has 0 fully saturated rings. The van der Waals surface area contributed by atoms with Crippen LogP contribution in [-0.4, -0.2) is 42.3 Å². The van der Waals surface area contributed by atoms with Crippen LogP contribution in [0.3, 0.4) is 0 Å². The first-order chi connectivity index (χ1) is 15.9. The van der Waals surface area contributed by atoms with Crippen LogP contribution in [-0.2, 0) is 14.3 Å². The lowest BCUT2D eigenvalue weighted by Crippen LogP contribution is -2.54. The van der Waals surface area contributed by atoms with E-state index < -0.39 is 28.9 Å². The summed E-state index contributed by atoms with van der Waals surface area (Å²) < 4.78 is 5.60. The molecule has 0 aliphatic heterocycles. The lowest BCUT2D eigenvalue weighted by molar-refractivity contribution is -0.147. The van der Waals surface area contributed by atoms with Gasteiger partial charge in [-0.3, -0.25) is 9.59 Å². The number of rotatable bonds is 8. The number of hydrogen-bond donors (Lipinski definition) is 3. The number of ether oxygens (including phenoxy) is 1. The van der Waals surface area contributed by atoms with Gasteiger partial charge < -0.3 is 20.5 Å². The Morgan fingerprint density at radius 2 is 1.47 bits per heavy atom. The fraction of sp³-hybridized carbons (Fsp3) is 0.444. The number of nitrogens with one attached hydrogen (secondary N) is 2. The zero-order chi connectivity index (χ0) is 25.1. The molecule has 0 radical (unpaired) electrons. The molecular weight excluding hydrogens is 432 g/mol. The minimum Gasteiger partial charge on any atom is -0.481 e. The maximum absolute atomic E-state index is 12.8. The first kappa shape index (κ1) is 25.3. The summed E-state index contributed by atoms with van der Waals surface area (Å²) in [6.45, 7) is 9.12. The summed E-state index contributed by atoms with van der Waals surface area (Å²) in [4.78, 5) is 36.8. The molecule has 34 heavy (non-hydrogen) atoms. The van der Waals surface area contributed by atoms with Gasteiger partial charge in [-0.25, -0.2) is 4.79 Å². The first-order valence-electron chi connectivity index (χ1n) is 11.5. The third-order valence-electron chi connectivity index (χ3n) is 6.36. The molecule has 0 aromatic heterocycles. The van der Waals surface area contributed by atoms with Crippen molar-refractivity contribution in [2.24, 2.45) is 10.8 Å². The highest BCUT2D eigenvalue weighted by Gasteiger charge is 2.35. The Bertz CT molecular complexity index is 1030. The number of aliphatic carboxylic acids is 1. The molecule has 1 aliphatic rings. The molecular formula is C27H34N2O5. The van der Waals surface area contributed by atoms with Crippen molar-refractivity contribution in [1.82, 2.24) is 10.6 Å².